The summed E-state index contributed by atoms with van der Waals surface area (Å²) in [6, 6.07) is 6.15. The highest BCUT2D eigenvalue weighted by atomic mass is 28.4. The second-order valence-electron chi connectivity index (χ2n) is 8.10. The maximum Gasteiger partial charge on any atom is 0.500 e. The van der Waals surface area contributed by atoms with Gasteiger partial charge in [-0.25, -0.2) is 4.39 Å². The van der Waals surface area contributed by atoms with Crippen LogP contribution in [0.15, 0.2) is 0 Å². The van der Waals surface area contributed by atoms with Crippen molar-refractivity contribution in [3.05, 3.63) is 0 Å². The fourth-order valence-corrected chi connectivity index (χ4v) is 13.2. The first-order chi connectivity index (χ1) is 11.2. The van der Waals surface area contributed by atoms with Crippen molar-refractivity contribution in [3.63, 3.8) is 0 Å². The summed E-state index contributed by atoms with van der Waals surface area (Å²) in [5, 5.41) is 0. The fourth-order valence-electron chi connectivity index (χ4n) is 2.97. The molecule has 0 aromatic rings. The number of rotatable bonds is 15. The molecule has 0 unspecified atom stereocenters. The normalized spacial score (nSPS) is 13.5. The van der Waals surface area contributed by atoms with Gasteiger partial charge in [-0.3, -0.25) is 0 Å². The van der Waals surface area contributed by atoms with Crippen LogP contribution in [0, 0.1) is 0 Å². The van der Waals surface area contributed by atoms with E-state index >= 15 is 0 Å². The van der Waals surface area contributed by atoms with Crippen molar-refractivity contribution >= 4 is 25.0 Å². The Kier molecular flexibility index (Phi) is 12.1. The molecule has 0 aliphatic rings. The van der Waals surface area contributed by atoms with E-state index < -0.39 is 31.8 Å². The summed E-state index contributed by atoms with van der Waals surface area (Å²) < 4.78 is 33.3. The maximum atomic E-state index is 12.0. The largest absolute Gasteiger partial charge is 0.500 e. The molecule has 0 saturated carbocycles. The predicted molar refractivity (Wildman–Crippen MR) is 107 cm³/mol. The lowest BCUT2D eigenvalue weighted by atomic mass is 10.5. The molecule has 0 saturated heterocycles. The van der Waals surface area contributed by atoms with Gasteiger partial charge >= 0.3 is 8.80 Å². The second-order valence-corrected chi connectivity index (χ2v) is 21.8. The Morgan fingerprint density at radius 3 is 1.54 bits per heavy atom. The number of hydrogen-bond acceptors (Lipinski definition) is 4. The zero-order chi connectivity index (χ0) is 18.7. The van der Waals surface area contributed by atoms with Crippen LogP contribution in [-0.4, -0.2) is 59.7 Å². The average molecular weight is 399 g/mol. The number of halogens is 1. The molecule has 4 nitrogen and oxygen atoms in total. The smallest absolute Gasteiger partial charge is 0.377 e. The standard InChI is InChI=1S/C16H39FO4Si3/c1-18-24(19-2,20-3)13-9-12-23(6,7)15-14-22(4,5)11-8-10-21-16-17/h8-16H2,1-7H3. The van der Waals surface area contributed by atoms with Crippen molar-refractivity contribution in [1.82, 2.24) is 0 Å². The van der Waals surface area contributed by atoms with E-state index in [1.54, 1.807) is 21.3 Å². The van der Waals surface area contributed by atoms with Gasteiger partial charge in [0, 0.05) is 50.1 Å². The highest BCUT2D eigenvalue weighted by Gasteiger charge is 2.38. The van der Waals surface area contributed by atoms with E-state index in [2.05, 4.69) is 26.2 Å². The minimum absolute atomic E-state index is 0.561. The number of ether oxygens (including phenoxy) is 1. The van der Waals surface area contributed by atoms with Crippen LogP contribution in [0.3, 0.4) is 0 Å². The first kappa shape index (κ1) is 24.4. The Morgan fingerprint density at radius 2 is 1.12 bits per heavy atom. The van der Waals surface area contributed by atoms with Gasteiger partial charge in [0.2, 0.25) is 0 Å². The second kappa shape index (κ2) is 11.9. The third-order valence-corrected chi connectivity index (χ3v) is 14.9. The fraction of sp³-hybridized carbons (Fsp3) is 1.00. The maximum absolute atomic E-state index is 12.0. The van der Waals surface area contributed by atoms with Crippen molar-refractivity contribution < 1.29 is 22.4 Å². The van der Waals surface area contributed by atoms with Crippen molar-refractivity contribution in [2.75, 3.05) is 34.8 Å². The molecule has 146 valence electrons. The molecule has 0 N–H and O–H groups in total. The van der Waals surface area contributed by atoms with Crippen molar-refractivity contribution in [1.29, 1.82) is 0 Å². The number of alkyl halides is 1. The van der Waals surface area contributed by atoms with E-state index in [9.17, 15) is 4.39 Å². The first-order valence-corrected chi connectivity index (χ1v) is 17.7. The van der Waals surface area contributed by atoms with Gasteiger partial charge in [0.15, 0.2) is 6.86 Å². The van der Waals surface area contributed by atoms with Crippen molar-refractivity contribution in [2.45, 2.75) is 69.3 Å². The molecule has 0 aliphatic heterocycles. The summed E-state index contributed by atoms with van der Waals surface area (Å²) in [6.07, 6.45) is 2.11. The molecule has 0 aromatic heterocycles. The molecule has 0 bridgehead atoms. The topological polar surface area (TPSA) is 36.9 Å². The van der Waals surface area contributed by atoms with E-state index in [1.807, 2.05) is 0 Å². The van der Waals surface area contributed by atoms with Gasteiger partial charge in [-0.15, -0.1) is 0 Å². The van der Waals surface area contributed by atoms with E-state index in [0.717, 1.165) is 18.9 Å². The molecule has 0 fully saturated rings. The van der Waals surface area contributed by atoms with Gasteiger partial charge in [-0.1, -0.05) is 56.8 Å². The van der Waals surface area contributed by atoms with Crippen LogP contribution in [0.1, 0.15) is 12.8 Å². The predicted octanol–water partition coefficient (Wildman–Crippen LogP) is 5.01. The van der Waals surface area contributed by atoms with Gasteiger partial charge in [0.25, 0.3) is 0 Å². The van der Waals surface area contributed by atoms with Crippen LogP contribution in [0.5, 0.6) is 0 Å². The van der Waals surface area contributed by atoms with E-state index in [1.165, 1.54) is 24.2 Å². The summed E-state index contributed by atoms with van der Waals surface area (Å²) in [5.74, 6) is 0. The van der Waals surface area contributed by atoms with Gasteiger partial charge in [0.05, 0.1) is 0 Å². The Bertz CT molecular complexity index is 318. The van der Waals surface area contributed by atoms with Gasteiger partial charge in [0.1, 0.15) is 0 Å². The average Bonchev–Trinajstić information content (AvgIpc) is 2.55. The lowest BCUT2D eigenvalue weighted by Crippen LogP contribution is -2.43. The Morgan fingerprint density at radius 1 is 0.667 bits per heavy atom. The third-order valence-electron chi connectivity index (χ3n) is 4.97. The van der Waals surface area contributed by atoms with E-state index in [4.69, 9.17) is 18.0 Å². The molecule has 0 heterocycles. The molecular weight excluding hydrogens is 359 g/mol. The lowest BCUT2D eigenvalue weighted by molar-refractivity contribution is 0.0583. The van der Waals surface area contributed by atoms with Crippen LogP contribution in [0.2, 0.25) is 56.4 Å². The third kappa shape index (κ3) is 10.4. The Balaban J connectivity index is 4.20. The summed E-state index contributed by atoms with van der Waals surface area (Å²) in [4.78, 5) is 0. The minimum atomic E-state index is -2.42. The molecule has 24 heavy (non-hydrogen) atoms. The van der Waals surface area contributed by atoms with Crippen LogP contribution in [0.25, 0.3) is 0 Å². The zero-order valence-corrected chi connectivity index (χ0v) is 19.9. The molecule has 0 spiro atoms. The summed E-state index contributed by atoms with van der Waals surface area (Å²) >= 11 is 0. The van der Waals surface area contributed by atoms with Gasteiger partial charge in [-0.2, -0.15) is 0 Å². The quantitative estimate of drug-likeness (QED) is 0.287. The van der Waals surface area contributed by atoms with Crippen molar-refractivity contribution in [3.8, 4) is 0 Å². The summed E-state index contributed by atoms with van der Waals surface area (Å²) in [7, 11) is 0.234. The number of hydrogen-bond donors (Lipinski definition) is 0. The molecule has 0 aromatic carbocycles. The molecule has 0 amide bonds. The molecule has 0 aliphatic carbocycles. The van der Waals surface area contributed by atoms with Crippen molar-refractivity contribution in [2.24, 2.45) is 0 Å². The molecule has 0 atom stereocenters. The summed E-state index contributed by atoms with van der Waals surface area (Å²) in [6.45, 7) is 9.78. The molecule has 8 heteroatoms. The van der Waals surface area contributed by atoms with Gasteiger partial charge in [-0.05, 0) is 6.42 Å². The van der Waals surface area contributed by atoms with E-state index in [0.29, 0.717) is 6.61 Å². The Labute approximate surface area is 151 Å². The highest BCUT2D eigenvalue weighted by Crippen LogP contribution is 2.29. The zero-order valence-electron chi connectivity index (χ0n) is 16.9. The first-order valence-electron chi connectivity index (χ1n) is 8.95. The Hall–Kier alpha value is 0.421. The molecule has 0 radical (unpaired) electrons. The van der Waals surface area contributed by atoms with Crippen LogP contribution in [-0.2, 0) is 18.0 Å². The summed E-state index contributed by atoms with van der Waals surface area (Å²) in [5.41, 5.74) is 0. The molecular formula is C16H39FO4Si3. The van der Waals surface area contributed by atoms with Crippen LogP contribution < -0.4 is 0 Å². The van der Waals surface area contributed by atoms with E-state index in [-0.39, 0.29) is 0 Å². The highest BCUT2D eigenvalue weighted by molar-refractivity contribution is 6.82. The monoisotopic (exact) mass is 398 g/mol. The molecule has 0 rings (SSSR count). The SMILES string of the molecule is CO[Si](CCC[Si](C)(C)CC[Si](C)(C)CCCOCF)(OC)OC. The van der Waals surface area contributed by atoms with Crippen LogP contribution in [0.4, 0.5) is 4.39 Å². The lowest BCUT2D eigenvalue weighted by Gasteiger charge is -2.30. The minimum Gasteiger partial charge on any atom is -0.377 e. The van der Waals surface area contributed by atoms with Crippen LogP contribution >= 0.6 is 0 Å². The van der Waals surface area contributed by atoms with Gasteiger partial charge < -0.3 is 18.0 Å².